The van der Waals surface area contributed by atoms with Crippen LogP contribution in [0.1, 0.15) is 11.7 Å². The summed E-state index contributed by atoms with van der Waals surface area (Å²) >= 11 is 0. The van der Waals surface area contributed by atoms with E-state index < -0.39 is 0 Å². The molecular weight excluding hydrogens is 220 g/mol. The lowest BCUT2D eigenvalue weighted by molar-refractivity contribution is -0.0399. The minimum absolute atomic E-state index is 0.0678. The number of rotatable bonds is 4. The average molecular weight is 238 g/mol. The molecule has 4 heteroatoms. The van der Waals surface area contributed by atoms with Crippen molar-refractivity contribution in [1.82, 2.24) is 0 Å². The van der Waals surface area contributed by atoms with E-state index in [1.54, 1.807) is 14.2 Å². The second-order valence-corrected chi connectivity index (χ2v) is 4.09. The second kappa shape index (κ2) is 5.60. The Morgan fingerprint density at radius 1 is 1.12 bits per heavy atom. The van der Waals surface area contributed by atoms with Crippen LogP contribution >= 0.6 is 0 Å². The third kappa shape index (κ3) is 2.35. The first-order valence-electron chi connectivity index (χ1n) is 5.68. The van der Waals surface area contributed by atoms with Gasteiger partial charge in [-0.2, -0.15) is 0 Å². The molecule has 1 aromatic carbocycles. The highest BCUT2D eigenvalue weighted by molar-refractivity contribution is 5.21. The second-order valence-electron chi connectivity index (χ2n) is 4.09. The van der Waals surface area contributed by atoms with Crippen LogP contribution in [0.5, 0.6) is 0 Å². The molecule has 4 atom stereocenters. The quantitative estimate of drug-likeness (QED) is 0.854. The zero-order valence-electron chi connectivity index (χ0n) is 10.1. The van der Waals surface area contributed by atoms with Crippen molar-refractivity contribution in [2.45, 2.75) is 24.4 Å². The maximum absolute atomic E-state index is 9.28. The summed E-state index contributed by atoms with van der Waals surface area (Å²) in [7, 11) is 3.24. The molecule has 0 bridgehead atoms. The zero-order valence-corrected chi connectivity index (χ0v) is 10.1. The van der Waals surface area contributed by atoms with Crippen molar-refractivity contribution in [2.75, 3.05) is 20.8 Å². The van der Waals surface area contributed by atoms with Gasteiger partial charge in [-0.25, -0.2) is 0 Å². The van der Waals surface area contributed by atoms with Crippen molar-refractivity contribution in [3.8, 4) is 0 Å². The van der Waals surface area contributed by atoms with Gasteiger partial charge in [-0.1, -0.05) is 30.3 Å². The largest absolute Gasteiger partial charge is 0.394 e. The average Bonchev–Trinajstić information content (AvgIpc) is 2.77. The molecular formula is C13H18O4. The van der Waals surface area contributed by atoms with Gasteiger partial charge in [-0.05, 0) is 5.56 Å². The van der Waals surface area contributed by atoms with E-state index in [1.165, 1.54) is 0 Å². The van der Waals surface area contributed by atoms with Gasteiger partial charge in [0.05, 0.1) is 6.61 Å². The Morgan fingerprint density at radius 2 is 1.76 bits per heavy atom. The molecule has 94 valence electrons. The van der Waals surface area contributed by atoms with Gasteiger partial charge < -0.3 is 19.3 Å². The number of aliphatic hydroxyl groups excluding tert-OH is 1. The predicted molar refractivity (Wildman–Crippen MR) is 62.7 cm³/mol. The van der Waals surface area contributed by atoms with Crippen molar-refractivity contribution >= 4 is 0 Å². The number of ether oxygens (including phenoxy) is 3. The Bertz CT molecular complexity index is 341. The minimum Gasteiger partial charge on any atom is -0.394 e. The monoisotopic (exact) mass is 238 g/mol. The Balaban J connectivity index is 2.23. The van der Waals surface area contributed by atoms with Gasteiger partial charge >= 0.3 is 0 Å². The first kappa shape index (κ1) is 12.5. The van der Waals surface area contributed by atoms with Gasteiger partial charge in [0.25, 0.3) is 0 Å². The summed E-state index contributed by atoms with van der Waals surface area (Å²) < 4.78 is 16.6. The van der Waals surface area contributed by atoms with Gasteiger partial charge in [0.15, 0.2) is 0 Å². The summed E-state index contributed by atoms with van der Waals surface area (Å²) in [6.45, 7) is -0.0678. The molecule has 1 aliphatic heterocycles. The molecule has 1 aliphatic rings. The van der Waals surface area contributed by atoms with Crippen molar-refractivity contribution in [3.05, 3.63) is 35.9 Å². The van der Waals surface area contributed by atoms with Gasteiger partial charge in [0.2, 0.25) is 0 Å². The first-order chi connectivity index (χ1) is 8.31. The van der Waals surface area contributed by atoms with Crippen LogP contribution in [0.15, 0.2) is 30.3 Å². The van der Waals surface area contributed by atoms with Gasteiger partial charge in [-0.15, -0.1) is 0 Å². The van der Waals surface area contributed by atoms with Crippen LogP contribution in [0.3, 0.4) is 0 Å². The standard InChI is InChI=1S/C13H18O4/c1-15-12-10(8-14)17-11(13(12)16-2)9-6-4-3-5-7-9/h3-7,10-14H,8H2,1-2H3/t10-,11+,12-,13+/m1/s1. The third-order valence-corrected chi connectivity index (χ3v) is 3.16. The molecule has 0 aliphatic carbocycles. The smallest absolute Gasteiger partial charge is 0.116 e. The topological polar surface area (TPSA) is 47.9 Å². The number of aliphatic hydroxyl groups is 1. The molecule has 4 nitrogen and oxygen atoms in total. The Kier molecular flexibility index (Phi) is 4.12. The van der Waals surface area contributed by atoms with E-state index >= 15 is 0 Å². The van der Waals surface area contributed by atoms with Crippen molar-refractivity contribution in [2.24, 2.45) is 0 Å². The van der Waals surface area contributed by atoms with Crippen molar-refractivity contribution in [3.63, 3.8) is 0 Å². The van der Waals surface area contributed by atoms with E-state index in [0.29, 0.717) is 0 Å². The molecule has 0 aromatic heterocycles. The summed E-state index contributed by atoms with van der Waals surface area (Å²) in [4.78, 5) is 0. The highest BCUT2D eigenvalue weighted by Gasteiger charge is 2.45. The van der Waals surface area contributed by atoms with Crippen molar-refractivity contribution < 1.29 is 19.3 Å². The number of hydrogen-bond acceptors (Lipinski definition) is 4. The molecule has 0 saturated carbocycles. The minimum atomic E-state index is -0.338. The molecule has 17 heavy (non-hydrogen) atoms. The van der Waals surface area contributed by atoms with E-state index in [1.807, 2.05) is 30.3 Å². The van der Waals surface area contributed by atoms with Crippen LogP contribution in [0.4, 0.5) is 0 Å². The van der Waals surface area contributed by atoms with E-state index in [0.717, 1.165) is 5.56 Å². The normalized spacial score (nSPS) is 32.9. The first-order valence-corrected chi connectivity index (χ1v) is 5.68. The maximum atomic E-state index is 9.28. The lowest BCUT2D eigenvalue weighted by atomic mass is 10.0. The Labute approximate surface area is 101 Å². The molecule has 1 N–H and O–H groups in total. The summed E-state index contributed by atoms with van der Waals surface area (Å²) in [5.74, 6) is 0. The number of methoxy groups -OCH3 is 2. The molecule has 0 amide bonds. The fraction of sp³-hybridized carbons (Fsp3) is 0.538. The molecule has 1 saturated heterocycles. The van der Waals surface area contributed by atoms with E-state index in [2.05, 4.69) is 0 Å². The van der Waals surface area contributed by atoms with Crippen LogP contribution in [0.25, 0.3) is 0 Å². The highest BCUT2D eigenvalue weighted by Crippen LogP contribution is 2.36. The lowest BCUT2D eigenvalue weighted by Gasteiger charge is -2.21. The fourth-order valence-corrected chi connectivity index (χ4v) is 2.33. The molecule has 0 radical (unpaired) electrons. The Hall–Kier alpha value is -0.940. The SMILES string of the molecule is CO[C@@H]1[C@H](OC)[C@@H](CO)O[C@H]1c1ccccc1. The molecule has 1 aromatic rings. The summed E-state index contributed by atoms with van der Waals surface area (Å²) in [5.41, 5.74) is 1.04. The van der Waals surface area contributed by atoms with E-state index in [4.69, 9.17) is 14.2 Å². The van der Waals surface area contributed by atoms with E-state index in [9.17, 15) is 5.11 Å². The van der Waals surface area contributed by atoms with Gasteiger partial charge in [0, 0.05) is 14.2 Å². The zero-order chi connectivity index (χ0) is 12.3. The number of benzene rings is 1. The highest BCUT2D eigenvalue weighted by atomic mass is 16.6. The predicted octanol–water partition coefficient (Wildman–Crippen LogP) is 1.15. The van der Waals surface area contributed by atoms with Crippen LogP contribution in [0.2, 0.25) is 0 Å². The van der Waals surface area contributed by atoms with E-state index in [-0.39, 0.29) is 31.0 Å². The number of hydrogen-bond donors (Lipinski definition) is 1. The molecule has 0 spiro atoms. The third-order valence-electron chi connectivity index (χ3n) is 3.16. The summed E-state index contributed by atoms with van der Waals surface area (Å²) in [6, 6.07) is 9.85. The van der Waals surface area contributed by atoms with Crippen LogP contribution in [-0.2, 0) is 14.2 Å². The summed E-state index contributed by atoms with van der Waals surface area (Å²) in [6.07, 6.45) is -0.965. The molecule has 1 fully saturated rings. The maximum Gasteiger partial charge on any atom is 0.116 e. The molecule has 0 unspecified atom stereocenters. The van der Waals surface area contributed by atoms with Crippen LogP contribution in [-0.4, -0.2) is 44.2 Å². The molecule has 2 rings (SSSR count). The van der Waals surface area contributed by atoms with Crippen LogP contribution in [0, 0.1) is 0 Å². The van der Waals surface area contributed by atoms with Crippen molar-refractivity contribution in [1.29, 1.82) is 0 Å². The molecule has 1 heterocycles. The lowest BCUT2D eigenvalue weighted by Crippen LogP contribution is -2.35. The fourth-order valence-electron chi connectivity index (χ4n) is 2.33. The van der Waals surface area contributed by atoms with Gasteiger partial charge in [0.1, 0.15) is 24.4 Å². The summed E-state index contributed by atoms with van der Waals surface area (Å²) in [5, 5.41) is 9.28. The van der Waals surface area contributed by atoms with Crippen LogP contribution < -0.4 is 0 Å². The van der Waals surface area contributed by atoms with Gasteiger partial charge in [-0.3, -0.25) is 0 Å². The Morgan fingerprint density at radius 3 is 2.29 bits per heavy atom.